The van der Waals surface area contributed by atoms with E-state index in [9.17, 15) is 41.3 Å². The van der Waals surface area contributed by atoms with Crippen molar-refractivity contribution in [2.75, 3.05) is 0 Å². The summed E-state index contributed by atoms with van der Waals surface area (Å²) in [6.45, 7) is 0.432. The zero-order valence-electron chi connectivity index (χ0n) is 15.6. The Balaban J connectivity index is 2.37. The smallest absolute Gasteiger partial charge is 0.405 e. The zero-order chi connectivity index (χ0) is 24.4. The van der Waals surface area contributed by atoms with Gasteiger partial charge in [0.1, 0.15) is 17.1 Å². The molecular weight excluding hydrogens is 578 g/mol. The molecule has 0 saturated heterocycles. The van der Waals surface area contributed by atoms with E-state index in [4.69, 9.17) is 9.29 Å². The van der Waals surface area contributed by atoms with Gasteiger partial charge in [0.05, 0.1) is 10.5 Å². The van der Waals surface area contributed by atoms with Gasteiger partial charge in [0, 0.05) is 15.7 Å². The van der Waals surface area contributed by atoms with Gasteiger partial charge in [-0.15, -0.1) is 0 Å². The number of ether oxygens (including phenoxy) is 2. The summed E-state index contributed by atoms with van der Waals surface area (Å²) in [5, 5.41) is 6.25. The summed E-state index contributed by atoms with van der Waals surface area (Å²) >= 11 is 1.80. The van der Waals surface area contributed by atoms with Gasteiger partial charge in [-0.05, 0) is 53.8 Å². The van der Waals surface area contributed by atoms with Crippen molar-refractivity contribution < 1.29 is 50.1 Å². The molecule has 1 N–H and O–H groups in total. The number of halogens is 4. The number of rotatable bonds is 7. The van der Waals surface area contributed by atoms with Crippen LogP contribution >= 0.6 is 22.6 Å². The molecule has 0 bridgehead atoms. The molecule has 0 aromatic heterocycles. The molecule has 0 aliphatic heterocycles. The molecule has 2 rings (SSSR count). The summed E-state index contributed by atoms with van der Waals surface area (Å²) in [6, 6.07) is 5.69. The van der Waals surface area contributed by atoms with Crippen LogP contribution in [0.25, 0.3) is 0 Å². The molecule has 15 heteroatoms. The molecule has 1 unspecified atom stereocenters. The van der Waals surface area contributed by atoms with Crippen LogP contribution in [0.15, 0.2) is 36.4 Å². The van der Waals surface area contributed by atoms with Crippen molar-refractivity contribution >= 4 is 50.3 Å². The largest absolute Gasteiger partial charge is 0.451 e. The third-order valence-electron chi connectivity index (χ3n) is 3.84. The number of alkyl halides is 2. The number of hydrogen-bond acceptors (Lipinski definition) is 8. The molecule has 0 aliphatic carbocycles. The summed E-state index contributed by atoms with van der Waals surface area (Å²) < 4.78 is 80.8. The molecule has 0 saturated carbocycles. The van der Waals surface area contributed by atoms with Crippen LogP contribution in [0.4, 0.5) is 18.9 Å². The molecule has 0 fully saturated rings. The normalized spacial score (nSPS) is 12.7. The van der Waals surface area contributed by atoms with Crippen LogP contribution in [0.1, 0.15) is 27.6 Å². The molecule has 2 aromatic carbocycles. The lowest BCUT2D eigenvalue weighted by Gasteiger charge is -2.20. The molecule has 0 spiro atoms. The van der Waals surface area contributed by atoms with E-state index in [0.717, 1.165) is 18.2 Å². The molecule has 0 aliphatic rings. The van der Waals surface area contributed by atoms with Crippen LogP contribution in [0.2, 0.25) is 0 Å². The third kappa shape index (κ3) is 5.52. The van der Waals surface area contributed by atoms with Gasteiger partial charge < -0.3 is 9.47 Å². The summed E-state index contributed by atoms with van der Waals surface area (Å²) in [5.74, 6) is -4.43. The van der Waals surface area contributed by atoms with Crippen LogP contribution in [-0.2, 0) is 14.9 Å². The maximum atomic E-state index is 13.8. The van der Waals surface area contributed by atoms with Crippen LogP contribution in [0.5, 0.6) is 5.75 Å². The first-order valence-corrected chi connectivity index (χ1v) is 10.7. The molecule has 1 atom stereocenters. The van der Waals surface area contributed by atoms with E-state index in [1.807, 2.05) is 0 Å². The van der Waals surface area contributed by atoms with Gasteiger partial charge in [-0.3, -0.25) is 14.7 Å². The minimum Gasteiger partial charge on any atom is -0.451 e. The zero-order valence-corrected chi connectivity index (χ0v) is 18.6. The number of esters is 2. The molecule has 172 valence electrons. The van der Waals surface area contributed by atoms with Crippen molar-refractivity contribution in [2.24, 2.45) is 0 Å². The van der Waals surface area contributed by atoms with E-state index in [-0.39, 0.29) is 0 Å². The Morgan fingerprint density at radius 3 is 2.34 bits per heavy atom. The number of nitro benzene ring substituents is 1. The van der Waals surface area contributed by atoms with Gasteiger partial charge in [-0.1, -0.05) is 0 Å². The monoisotopic (exact) mass is 589 g/mol. The van der Waals surface area contributed by atoms with Crippen LogP contribution < -0.4 is 4.74 Å². The van der Waals surface area contributed by atoms with Crippen molar-refractivity contribution in [1.82, 2.24) is 0 Å². The molecule has 2 aromatic rings. The summed E-state index contributed by atoms with van der Waals surface area (Å²) in [5.41, 5.74) is -2.40. The highest BCUT2D eigenvalue weighted by atomic mass is 127. The highest BCUT2D eigenvalue weighted by Gasteiger charge is 2.52. The van der Waals surface area contributed by atoms with Gasteiger partial charge in [0.25, 0.3) is 5.69 Å². The lowest BCUT2D eigenvalue weighted by atomic mass is 10.1. The van der Waals surface area contributed by atoms with E-state index in [0.29, 0.717) is 22.6 Å². The molecule has 0 amide bonds. The van der Waals surface area contributed by atoms with Crippen LogP contribution in [-0.4, -0.2) is 41.2 Å². The fraction of sp³-hybridized carbons (Fsp3) is 0.176. The van der Waals surface area contributed by atoms with E-state index < -0.39 is 66.7 Å². The fourth-order valence-corrected chi connectivity index (χ4v) is 3.18. The number of carbonyl (C=O) groups excluding carboxylic acids is 2. The SMILES string of the molecule is CC(OC(=O)c1cc(OC(=O)c2cc(I)ccc2F)ccc1[N+](=O)[O-])C(F)(F)S(=O)(=O)O. The van der Waals surface area contributed by atoms with Crippen molar-refractivity contribution in [3.8, 4) is 5.75 Å². The van der Waals surface area contributed by atoms with E-state index in [2.05, 4.69) is 4.74 Å². The molecule has 32 heavy (non-hydrogen) atoms. The van der Waals surface area contributed by atoms with Gasteiger partial charge in [-0.2, -0.15) is 17.2 Å². The predicted octanol–water partition coefficient (Wildman–Crippen LogP) is 3.58. The first kappa shape index (κ1) is 25.5. The first-order valence-electron chi connectivity index (χ1n) is 8.16. The maximum Gasteiger partial charge on any atom is 0.405 e. The molecule has 10 nitrogen and oxygen atoms in total. The Morgan fingerprint density at radius 2 is 1.78 bits per heavy atom. The lowest BCUT2D eigenvalue weighted by molar-refractivity contribution is -0.385. The highest BCUT2D eigenvalue weighted by Crippen LogP contribution is 2.30. The maximum absolute atomic E-state index is 13.8. The molecule has 0 radical (unpaired) electrons. The Hall–Kier alpha value is -2.79. The van der Waals surface area contributed by atoms with Gasteiger partial charge >= 0.3 is 27.3 Å². The Morgan fingerprint density at radius 1 is 1.16 bits per heavy atom. The van der Waals surface area contributed by atoms with E-state index >= 15 is 0 Å². The van der Waals surface area contributed by atoms with Gasteiger partial charge in [0.15, 0.2) is 6.10 Å². The second-order valence-corrected chi connectivity index (χ2v) is 8.77. The fourth-order valence-electron chi connectivity index (χ4n) is 2.22. The minimum absolute atomic E-state index is 0.432. The topological polar surface area (TPSA) is 150 Å². The van der Waals surface area contributed by atoms with Crippen LogP contribution in [0.3, 0.4) is 0 Å². The second kappa shape index (κ2) is 9.37. The molecule has 0 heterocycles. The minimum atomic E-state index is -5.97. The Kier molecular flexibility index (Phi) is 7.46. The van der Waals surface area contributed by atoms with Crippen LogP contribution in [0, 0.1) is 19.5 Å². The van der Waals surface area contributed by atoms with Crippen molar-refractivity contribution in [3.63, 3.8) is 0 Å². The Labute approximate surface area is 191 Å². The third-order valence-corrected chi connectivity index (χ3v) is 5.54. The number of nitrogens with zero attached hydrogens (tertiary/aromatic N) is 1. The first-order chi connectivity index (χ1) is 14.6. The van der Waals surface area contributed by atoms with E-state index in [1.54, 1.807) is 22.6 Å². The van der Waals surface area contributed by atoms with Gasteiger partial charge in [-0.25, -0.2) is 14.0 Å². The number of carbonyl (C=O) groups is 2. The summed E-state index contributed by atoms with van der Waals surface area (Å²) in [7, 11) is -5.97. The number of hydrogen-bond donors (Lipinski definition) is 1. The average Bonchev–Trinajstić information content (AvgIpc) is 2.68. The second-order valence-electron chi connectivity index (χ2n) is 6.03. The standard InChI is InChI=1S/C17H11F3INO9S/c1-8(17(19,20)32(27,28)29)30-16(24)12-7-10(3-5-14(12)22(25)26)31-15(23)11-6-9(21)2-4-13(11)18/h2-8H,1H3,(H,27,28,29). The average molecular weight is 589 g/mol. The summed E-state index contributed by atoms with van der Waals surface area (Å²) in [4.78, 5) is 34.5. The van der Waals surface area contributed by atoms with Crippen molar-refractivity contribution in [2.45, 2.75) is 18.3 Å². The number of nitro groups is 1. The highest BCUT2D eigenvalue weighted by molar-refractivity contribution is 14.1. The molecular formula is C17H11F3INO9S. The number of benzene rings is 2. The van der Waals surface area contributed by atoms with E-state index in [1.165, 1.54) is 6.07 Å². The van der Waals surface area contributed by atoms with Crippen molar-refractivity contribution in [3.05, 3.63) is 67.0 Å². The van der Waals surface area contributed by atoms with Crippen molar-refractivity contribution in [1.29, 1.82) is 0 Å². The quantitative estimate of drug-likeness (QED) is 0.128. The Bertz CT molecular complexity index is 1200. The van der Waals surface area contributed by atoms with Gasteiger partial charge in [0.2, 0.25) is 0 Å². The lowest BCUT2D eigenvalue weighted by Crippen LogP contribution is -2.42. The summed E-state index contributed by atoms with van der Waals surface area (Å²) in [6.07, 6.45) is -2.74. The predicted molar refractivity (Wildman–Crippen MR) is 109 cm³/mol.